The summed E-state index contributed by atoms with van der Waals surface area (Å²) in [4.78, 5) is 28.6. The SMILES string of the molecule is O=C(Nc1nc(-c2ccccc2)cs1)c1ccc(Cn2ccccc2=O)o1. The van der Waals surface area contributed by atoms with Gasteiger partial charge in [0, 0.05) is 23.2 Å². The summed E-state index contributed by atoms with van der Waals surface area (Å²) < 4.78 is 7.08. The molecule has 0 aliphatic carbocycles. The van der Waals surface area contributed by atoms with Gasteiger partial charge in [0.05, 0.1) is 12.2 Å². The first kappa shape index (κ1) is 17.0. The summed E-state index contributed by atoms with van der Waals surface area (Å²) >= 11 is 1.35. The summed E-state index contributed by atoms with van der Waals surface area (Å²) in [6.45, 7) is 0.266. The summed E-state index contributed by atoms with van der Waals surface area (Å²) in [5.74, 6) is 0.318. The van der Waals surface area contributed by atoms with E-state index in [1.54, 1.807) is 30.5 Å². The molecule has 0 unspecified atom stereocenters. The van der Waals surface area contributed by atoms with Gasteiger partial charge in [-0.05, 0) is 18.2 Å². The van der Waals surface area contributed by atoms with Crippen molar-refractivity contribution in [2.24, 2.45) is 0 Å². The molecule has 3 heterocycles. The molecule has 134 valence electrons. The number of hydrogen-bond acceptors (Lipinski definition) is 5. The van der Waals surface area contributed by atoms with Crippen LogP contribution in [0.4, 0.5) is 5.13 Å². The van der Waals surface area contributed by atoms with Crippen molar-refractivity contribution < 1.29 is 9.21 Å². The average molecular weight is 377 g/mol. The predicted molar refractivity (Wildman–Crippen MR) is 104 cm³/mol. The lowest BCUT2D eigenvalue weighted by molar-refractivity contribution is 0.0994. The first-order chi connectivity index (χ1) is 13.2. The molecule has 0 bridgehead atoms. The third kappa shape index (κ3) is 3.88. The van der Waals surface area contributed by atoms with E-state index in [2.05, 4.69) is 10.3 Å². The van der Waals surface area contributed by atoms with Gasteiger partial charge in [0.25, 0.3) is 11.5 Å². The second-order valence-corrected chi connectivity index (χ2v) is 6.65. The Labute approximate surface area is 158 Å². The summed E-state index contributed by atoms with van der Waals surface area (Å²) in [5.41, 5.74) is 1.67. The zero-order chi connectivity index (χ0) is 18.6. The highest BCUT2D eigenvalue weighted by Gasteiger charge is 2.14. The van der Waals surface area contributed by atoms with Crippen LogP contribution in [0.3, 0.4) is 0 Å². The number of furan rings is 1. The fourth-order valence-corrected chi connectivity index (χ4v) is 3.29. The minimum atomic E-state index is -0.379. The first-order valence-corrected chi connectivity index (χ1v) is 9.13. The largest absolute Gasteiger partial charge is 0.454 e. The molecule has 0 aliphatic heterocycles. The van der Waals surface area contributed by atoms with Crippen LogP contribution >= 0.6 is 11.3 Å². The number of carbonyl (C=O) groups excluding carboxylic acids is 1. The van der Waals surface area contributed by atoms with Gasteiger partial charge in [0.15, 0.2) is 10.9 Å². The number of pyridine rings is 1. The van der Waals surface area contributed by atoms with E-state index in [1.807, 2.05) is 35.7 Å². The molecule has 3 aromatic heterocycles. The molecule has 0 fully saturated rings. The zero-order valence-electron chi connectivity index (χ0n) is 14.2. The third-order valence-corrected chi connectivity index (χ3v) is 4.66. The summed E-state index contributed by atoms with van der Waals surface area (Å²) in [7, 11) is 0. The second kappa shape index (κ2) is 7.43. The van der Waals surface area contributed by atoms with Crippen molar-refractivity contribution in [3.8, 4) is 11.3 Å². The van der Waals surface area contributed by atoms with Crippen molar-refractivity contribution in [2.45, 2.75) is 6.54 Å². The maximum Gasteiger partial charge on any atom is 0.293 e. The molecule has 1 N–H and O–H groups in total. The standard InChI is InChI=1S/C20H15N3O3S/c24-18-8-4-5-11-23(18)12-15-9-10-17(26-15)19(25)22-20-21-16(13-27-20)14-6-2-1-3-7-14/h1-11,13H,12H2,(H,21,22,25). The molecule has 1 aromatic carbocycles. The van der Waals surface area contributed by atoms with Gasteiger partial charge in [0.2, 0.25) is 0 Å². The number of nitrogens with zero attached hydrogens (tertiary/aromatic N) is 2. The second-order valence-electron chi connectivity index (χ2n) is 5.79. The number of nitrogens with one attached hydrogen (secondary N) is 1. The number of carbonyl (C=O) groups is 1. The van der Waals surface area contributed by atoms with Gasteiger partial charge in [-0.25, -0.2) is 4.98 Å². The number of hydrogen-bond donors (Lipinski definition) is 1. The maximum absolute atomic E-state index is 12.4. The van der Waals surface area contributed by atoms with Crippen molar-refractivity contribution in [2.75, 3.05) is 5.32 Å². The Morgan fingerprint density at radius 3 is 2.70 bits per heavy atom. The molecule has 0 atom stereocenters. The first-order valence-electron chi connectivity index (χ1n) is 8.25. The Kier molecular flexibility index (Phi) is 4.67. The van der Waals surface area contributed by atoms with Crippen molar-refractivity contribution in [1.82, 2.24) is 9.55 Å². The van der Waals surface area contributed by atoms with E-state index in [-0.39, 0.29) is 23.8 Å². The van der Waals surface area contributed by atoms with Gasteiger partial charge < -0.3 is 8.98 Å². The maximum atomic E-state index is 12.4. The average Bonchev–Trinajstić information content (AvgIpc) is 3.34. The normalized spacial score (nSPS) is 10.7. The topological polar surface area (TPSA) is 77.1 Å². The van der Waals surface area contributed by atoms with Gasteiger partial charge >= 0.3 is 0 Å². The smallest absolute Gasteiger partial charge is 0.293 e. The molecule has 27 heavy (non-hydrogen) atoms. The molecule has 0 saturated carbocycles. The van der Waals surface area contributed by atoms with E-state index in [0.29, 0.717) is 10.9 Å². The molecule has 0 saturated heterocycles. The van der Waals surface area contributed by atoms with Crippen LogP contribution in [0, 0.1) is 0 Å². The molecule has 1 amide bonds. The molecule has 4 rings (SSSR count). The van der Waals surface area contributed by atoms with Gasteiger partial charge in [-0.1, -0.05) is 36.4 Å². The van der Waals surface area contributed by atoms with Gasteiger partial charge in [-0.2, -0.15) is 0 Å². The minimum absolute atomic E-state index is 0.129. The molecule has 6 nitrogen and oxygen atoms in total. The number of benzene rings is 1. The number of amides is 1. The Balaban J connectivity index is 1.45. The van der Waals surface area contributed by atoms with E-state index >= 15 is 0 Å². The van der Waals surface area contributed by atoms with Crippen LogP contribution in [-0.2, 0) is 6.54 Å². The van der Waals surface area contributed by atoms with Crippen LogP contribution in [0.25, 0.3) is 11.3 Å². The zero-order valence-corrected chi connectivity index (χ0v) is 15.0. The van der Waals surface area contributed by atoms with Gasteiger partial charge in [-0.15, -0.1) is 11.3 Å². The van der Waals surface area contributed by atoms with E-state index in [1.165, 1.54) is 22.0 Å². The Morgan fingerprint density at radius 1 is 1.07 bits per heavy atom. The van der Waals surface area contributed by atoms with Crippen LogP contribution in [0.2, 0.25) is 0 Å². The number of rotatable bonds is 5. The number of anilines is 1. The quantitative estimate of drug-likeness (QED) is 0.573. The van der Waals surface area contributed by atoms with Crippen LogP contribution in [0.1, 0.15) is 16.3 Å². The van der Waals surface area contributed by atoms with E-state index < -0.39 is 0 Å². The van der Waals surface area contributed by atoms with Crippen LogP contribution < -0.4 is 10.9 Å². The summed E-state index contributed by atoms with van der Waals surface area (Å²) in [5, 5.41) is 5.13. The molecule has 0 spiro atoms. The lowest BCUT2D eigenvalue weighted by Gasteiger charge is -2.02. The van der Waals surface area contributed by atoms with Gasteiger partial charge in [-0.3, -0.25) is 14.9 Å². The van der Waals surface area contributed by atoms with Crippen LogP contribution in [0.15, 0.2) is 81.5 Å². The highest BCUT2D eigenvalue weighted by atomic mass is 32.1. The molecular formula is C20H15N3O3S. The molecular weight excluding hydrogens is 362 g/mol. The highest BCUT2D eigenvalue weighted by Crippen LogP contribution is 2.25. The fourth-order valence-electron chi connectivity index (χ4n) is 2.58. The molecule has 0 aliphatic rings. The van der Waals surface area contributed by atoms with Gasteiger partial charge in [0.1, 0.15) is 5.76 Å². The van der Waals surface area contributed by atoms with Crippen molar-refractivity contribution in [1.29, 1.82) is 0 Å². The number of thiazole rings is 1. The Morgan fingerprint density at radius 2 is 1.89 bits per heavy atom. The Hall–Kier alpha value is -3.45. The number of aromatic nitrogens is 2. The fraction of sp³-hybridized carbons (Fsp3) is 0.0500. The van der Waals surface area contributed by atoms with Crippen molar-refractivity contribution in [3.05, 3.63) is 94.1 Å². The summed E-state index contributed by atoms with van der Waals surface area (Å²) in [6, 6.07) is 17.9. The molecule has 7 heteroatoms. The predicted octanol–water partition coefficient (Wildman–Crippen LogP) is 3.87. The van der Waals surface area contributed by atoms with E-state index in [4.69, 9.17) is 4.42 Å². The lowest BCUT2D eigenvalue weighted by atomic mass is 10.2. The Bertz CT molecular complexity index is 1130. The van der Waals surface area contributed by atoms with Crippen molar-refractivity contribution >= 4 is 22.4 Å². The van der Waals surface area contributed by atoms with E-state index in [9.17, 15) is 9.59 Å². The molecule has 4 aromatic rings. The highest BCUT2D eigenvalue weighted by molar-refractivity contribution is 7.14. The minimum Gasteiger partial charge on any atom is -0.454 e. The molecule has 0 radical (unpaired) electrons. The van der Waals surface area contributed by atoms with E-state index in [0.717, 1.165) is 11.3 Å². The van der Waals surface area contributed by atoms with Crippen LogP contribution in [-0.4, -0.2) is 15.5 Å². The lowest BCUT2D eigenvalue weighted by Crippen LogP contribution is -2.18. The van der Waals surface area contributed by atoms with Crippen molar-refractivity contribution in [3.63, 3.8) is 0 Å². The van der Waals surface area contributed by atoms with Crippen LogP contribution in [0.5, 0.6) is 0 Å². The summed E-state index contributed by atoms with van der Waals surface area (Å²) in [6.07, 6.45) is 1.67. The third-order valence-electron chi connectivity index (χ3n) is 3.90. The monoisotopic (exact) mass is 377 g/mol.